The number of ether oxygens (including phenoxy) is 1. The molecule has 0 aliphatic heterocycles. The molecule has 0 saturated heterocycles. The summed E-state index contributed by atoms with van der Waals surface area (Å²) < 4.78 is 47.4. The van der Waals surface area contributed by atoms with Crippen molar-refractivity contribution in [2.75, 3.05) is 18.5 Å². The van der Waals surface area contributed by atoms with E-state index in [1.165, 1.54) is 18.5 Å². The second-order valence-corrected chi connectivity index (χ2v) is 11.2. The van der Waals surface area contributed by atoms with Gasteiger partial charge in [-0.1, -0.05) is 18.9 Å². The van der Waals surface area contributed by atoms with Crippen LogP contribution >= 0.6 is 11.3 Å². The fourth-order valence-electron chi connectivity index (χ4n) is 5.42. The largest absolute Gasteiger partial charge is 0.462 e. The van der Waals surface area contributed by atoms with Crippen molar-refractivity contribution in [1.82, 2.24) is 19.9 Å². The number of fused-ring (bicyclic) bond motifs is 1. The molecule has 1 aromatic carbocycles. The maximum absolute atomic E-state index is 13.7. The lowest BCUT2D eigenvalue weighted by Gasteiger charge is -2.32. The highest BCUT2D eigenvalue weighted by Gasteiger charge is 2.34. The summed E-state index contributed by atoms with van der Waals surface area (Å²) >= 11 is 0.788. The topological polar surface area (TPSA) is 141 Å². The summed E-state index contributed by atoms with van der Waals surface area (Å²) in [6, 6.07) is 5.61. The number of pyridine rings is 2. The van der Waals surface area contributed by atoms with E-state index < -0.39 is 29.3 Å². The SMILES string of the molecule is CCNC(=O)Nc1cc(-c2nc(C(F)(F)F)cs2)c(-c2ccc3c(c2)c(=O)c(C(=O)OCC)cn3C2CCCCC2N)cn1. The first-order valence-corrected chi connectivity index (χ1v) is 15.1. The van der Waals surface area contributed by atoms with Gasteiger partial charge in [0.15, 0.2) is 5.69 Å². The first-order valence-electron chi connectivity index (χ1n) is 14.2. The van der Waals surface area contributed by atoms with E-state index in [1.807, 2.05) is 4.57 Å². The fraction of sp³-hybridized carbons (Fsp3) is 0.367. The minimum absolute atomic E-state index is 0.0413. The minimum atomic E-state index is -4.65. The highest BCUT2D eigenvalue weighted by atomic mass is 32.1. The van der Waals surface area contributed by atoms with E-state index in [0.717, 1.165) is 42.4 Å². The number of carbonyl (C=O) groups is 2. The van der Waals surface area contributed by atoms with Crippen LogP contribution in [0, 0.1) is 0 Å². The molecule has 4 aromatic rings. The summed E-state index contributed by atoms with van der Waals surface area (Å²) in [6.45, 7) is 3.82. The smallest absolute Gasteiger partial charge is 0.434 e. The van der Waals surface area contributed by atoms with Crippen LogP contribution in [0.25, 0.3) is 32.6 Å². The molecule has 2 unspecified atom stereocenters. The first kappa shape index (κ1) is 31.1. The zero-order chi connectivity index (χ0) is 31.6. The first-order chi connectivity index (χ1) is 21.0. The van der Waals surface area contributed by atoms with E-state index >= 15 is 0 Å². The zero-order valence-corrected chi connectivity index (χ0v) is 24.8. The van der Waals surface area contributed by atoms with Crippen LogP contribution in [0.15, 0.2) is 46.8 Å². The normalized spacial score (nSPS) is 17.0. The maximum Gasteiger partial charge on any atom is 0.434 e. The van der Waals surface area contributed by atoms with Gasteiger partial charge in [-0.2, -0.15) is 13.2 Å². The second kappa shape index (κ2) is 12.7. The number of nitrogens with zero attached hydrogens (tertiary/aromatic N) is 3. The number of hydrogen-bond donors (Lipinski definition) is 3. The Kier molecular flexibility index (Phi) is 9.02. The number of nitrogens with two attached hydrogens (primary N) is 1. The Morgan fingerprint density at radius 2 is 1.93 bits per heavy atom. The molecule has 3 aromatic heterocycles. The average Bonchev–Trinajstić information content (AvgIpc) is 3.49. The second-order valence-electron chi connectivity index (χ2n) is 10.4. The fourth-order valence-corrected chi connectivity index (χ4v) is 6.27. The van der Waals surface area contributed by atoms with Gasteiger partial charge in [-0.25, -0.2) is 19.6 Å². The number of hydrogen-bond acceptors (Lipinski definition) is 8. The molecule has 0 radical (unpaired) electrons. The van der Waals surface area contributed by atoms with Gasteiger partial charge < -0.3 is 20.4 Å². The molecule has 1 saturated carbocycles. The van der Waals surface area contributed by atoms with Crippen LogP contribution in [0.5, 0.6) is 0 Å². The van der Waals surface area contributed by atoms with Gasteiger partial charge in [0, 0.05) is 52.9 Å². The highest BCUT2D eigenvalue weighted by molar-refractivity contribution is 7.13. The number of thiazole rings is 1. The number of nitrogens with one attached hydrogen (secondary N) is 2. The predicted octanol–water partition coefficient (Wildman–Crippen LogP) is 5.97. The molecule has 5 rings (SSSR count). The summed E-state index contributed by atoms with van der Waals surface area (Å²) in [4.78, 5) is 46.8. The van der Waals surface area contributed by atoms with Gasteiger partial charge in [0.2, 0.25) is 5.43 Å². The average molecular weight is 629 g/mol. The third kappa shape index (κ3) is 6.31. The van der Waals surface area contributed by atoms with E-state index in [4.69, 9.17) is 10.5 Å². The van der Waals surface area contributed by atoms with E-state index in [-0.39, 0.29) is 46.0 Å². The number of carbonyl (C=O) groups excluding carboxylic acids is 2. The van der Waals surface area contributed by atoms with Crippen molar-refractivity contribution in [1.29, 1.82) is 0 Å². The van der Waals surface area contributed by atoms with Gasteiger partial charge in [-0.3, -0.25) is 10.1 Å². The van der Waals surface area contributed by atoms with E-state index in [1.54, 1.807) is 32.0 Å². The van der Waals surface area contributed by atoms with Gasteiger partial charge in [0.05, 0.1) is 12.1 Å². The molecule has 3 heterocycles. The van der Waals surface area contributed by atoms with Crippen LogP contribution in [0.2, 0.25) is 0 Å². The highest BCUT2D eigenvalue weighted by Crippen LogP contribution is 2.39. The predicted molar refractivity (Wildman–Crippen MR) is 162 cm³/mol. The Bertz CT molecular complexity index is 1770. The van der Waals surface area contributed by atoms with Crippen molar-refractivity contribution in [2.45, 2.75) is 57.8 Å². The molecule has 1 aliphatic carbocycles. The summed E-state index contributed by atoms with van der Waals surface area (Å²) in [6.07, 6.45) is 1.75. The molecule has 232 valence electrons. The standard InChI is InChI=1S/C30H31F3N6O4S/c1-3-35-29(42)38-25-12-17(27-37-24(15-44-27)30(31,32)33)19(13-36-25)16-9-10-22-18(11-16)26(40)20(28(41)43-4-2)14-39(22)23-8-6-5-7-21(23)34/h9-15,21,23H,3-8,34H2,1-2H3,(H2,35,36,38,42). The number of amides is 2. The van der Waals surface area contributed by atoms with Crippen molar-refractivity contribution < 1.29 is 27.5 Å². The van der Waals surface area contributed by atoms with Crippen LogP contribution in [0.3, 0.4) is 0 Å². The van der Waals surface area contributed by atoms with Gasteiger partial charge in [0.25, 0.3) is 0 Å². The summed E-state index contributed by atoms with van der Waals surface area (Å²) in [5.74, 6) is -0.661. The minimum Gasteiger partial charge on any atom is -0.462 e. The van der Waals surface area contributed by atoms with E-state index in [2.05, 4.69) is 20.6 Å². The van der Waals surface area contributed by atoms with E-state index in [0.29, 0.717) is 23.2 Å². The van der Waals surface area contributed by atoms with Crippen molar-refractivity contribution in [3.05, 3.63) is 63.5 Å². The molecule has 0 spiro atoms. The summed E-state index contributed by atoms with van der Waals surface area (Å²) in [5.41, 5.74) is 6.41. The lowest BCUT2D eigenvalue weighted by molar-refractivity contribution is -0.140. The van der Waals surface area contributed by atoms with Crippen molar-refractivity contribution in [3.8, 4) is 21.7 Å². The van der Waals surface area contributed by atoms with Crippen LogP contribution in [0.1, 0.15) is 61.6 Å². The molecule has 1 aliphatic rings. The number of alkyl halides is 3. The Balaban J connectivity index is 1.70. The van der Waals surface area contributed by atoms with Crippen LogP contribution in [-0.4, -0.2) is 45.7 Å². The number of aromatic nitrogens is 3. The van der Waals surface area contributed by atoms with Crippen molar-refractivity contribution in [2.24, 2.45) is 5.73 Å². The number of anilines is 1. The number of benzene rings is 1. The van der Waals surface area contributed by atoms with Gasteiger partial charge in [-0.15, -0.1) is 11.3 Å². The molecule has 2 atom stereocenters. The molecule has 1 fully saturated rings. The van der Waals surface area contributed by atoms with Gasteiger partial charge in [-0.05, 0) is 50.5 Å². The van der Waals surface area contributed by atoms with Crippen LogP contribution in [-0.2, 0) is 10.9 Å². The molecular weight excluding hydrogens is 597 g/mol. The monoisotopic (exact) mass is 628 g/mol. The zero-order valence-electron chi connectivity index (χ0n) is 24.0. The number of urea groups is 1. The Morgan fingerprint density at radius 3 is 2.61 bits per heavy atom. The molecule has 0 bridgehead atoms. The third-order valence-electron chi connectivity index (χ3n) is 7.49. The Labute approximate surface area is 254 Å². The van der Waals surface area contributed by atoms with Gasteiger partial charge >= 0.3 is 18.2 Å². The number of rotatable bonds is 7. The third-order valence-corrected chi connectivity index (χ3v) is 8.36. The van der Waals surface area contributed by atoms with E-state index in [9.17, 15) is 27.6 Å². The van der Waals surface area contributed by atoms with Crippen molar-refractivity contribution >= 4 is 40.1 Å². The number of halogens is 3. The lowest BCUT2D eigenvalue weighted by Crippen LogP contribution is -2.36. The number of esters is 1. The summed E-state index contributed by atoms with van der Waals surface area (Å²) in [5, 5.41) is 6.31. The molecule has 44 heavy (non-hydrogen) atoms. The summed E-state index contributed by atoms with van der Waals surface area (Å²) in [7, 11) is 0. The molecule has 14 heteroatoms. The molecule has 4 N–H and O–H groups in total. The molecule has 2 amide bonds. The molecule has 10 nitrogen and oxygen atoms in total. The molecular formula is C30H31F3N6O4S. The Morgan fingerprint density at radius 1 is 1.16 bits per heavy atom. The van der Waals surface area contributed by atoms with Gasteiger partial charge in [0.1, 0.15) is 16.4 Å². The van der Waals surface area contributed by atoms with Crippen LogP contribution < -0.4 is 21.8 Å². The maximum atomic E-state index is 13.7. The quantitative estimate of drug-likeness (QED) is 0.214. The van der Waals surface area contributed by atoms with Crippen molar-refractivity contribution in [3.63, 3.8) is 0 Å². The lowest BCUT2D eigenvalue weighted by atomic mass is 9.90. The Hall–Kier alpha value is -4.30. The van der Waals surface area contributed by atoms with Crippen LogP contribution in [0.4, 0.5) is 23.8 Å².